The van der Waals surface area contributed by atoms with Gasteiger partial charge in [-0.05, 0) is 70.1 Å². The van der Waals surface area contributed by atoms with Crippen LogP contribution in [0, 0.1) is 11.8 Å². The molecule has 15 amide bonds. The van der Waals surface area contributed by atoms with Crippen molar-refractivity contribution in [3.05, 3.63) is 18.2 Å². The van der Waals surface area contributed by atoms with Gasteiger partial charge in [-0.2, -0.15) is 0 Å². The number of carbonyl (C=O) groups is 16. The summed E-state index contributed by atoms with van der Waals surface area (Å²) in [6, 6.07) is -17.5. The fourth-order valence-electron chi connectivity index (χ4n) is 9.81. The van der Waals surface area contributed by atoms with E-state index in [2.05, 4.69) is 89.1 Å². The topological polar surface area (TPSA) is 685 Å². The number of nitrogens with zero attached hydrogens (tertiary/aromatic N) is 3. The molecule has 1 aromatic rings. The summed E-state index contributed by atoms with van der Waals surface area (Å²) in [5.41, 5.74) is 39.4. The first-order valence-corrected chi connectivity index (χ1v) is 37.9. The molecule has 1 aromatic heterocycles. The minimum absolute atomic E-state index is 0.0109. The molecule has 104 heavy (non-hydrogen) atoms. The lowest BCUT2D eigenvalue weighted by atomic mass is 10.0. The van der Waals surface area contributed by atoms with Crippen LogP contribution >= 0.6 is 43.2 Å². The largest absolute Gasteiger partial charge is 0.481 e. The molecular weight excluding hydrogens is 1450 g/mol. The number of nitrogens with two attached hydrogens (primary N) is 7. The molecule has 0 unspecified atom stereocenters. The number of carbonyl (C=O) groups excluding carboxylic acids is 15. The monoisotopic (exact) mass is 1540 g/mol. The Hall–Kier alpha value is -9.37. The number of aliphatic imine (C=N–C) groups is 2. The van der Waals surface area contributed by atoms with Crippen LogP contribution in [-0.4, -0.2) is 243 Å². The standard InChI is InChI=1S/C59H98N24O17S4/c1-27(2)14-35(47(62)90)79-57(100)41-25-103-104-31-17-38(75-43(85)19-60)53(96)73-29(5)48(91)80-36(15-28(3)4)50(93)71-21-44(86)74-32(8-6-12-68-58(63)64)49(92)70-22-45(87)76-40(24-102-101-23-31)56(99)78-34(10-11-46(88)89)52(95)82-39(18-42(61)84)55(98)81-37(16-30-20-67-26-72-30)54(97)77-33(51(94)83-41)9-7-13-69-59(65)66/h20,26-29,31-41H,6-19,21-25,60H2,1-5H3,(H2,61,84)(H2,62,90)(H,67,72)(H,70,92)(H,71,93)(H,73,96)(H,74,86)(H,75,85)(H,76,87)(H,77,97)(H,78,99)(H,79,100)(H,80,91)(H,81,98)(H,82,95)(H,83,94)(H,88,89)(H4,63,64,68)(H4,65,66,69)/t29-,31-,32-,33-,34-,35-,36-,37-,38-,39-,40-,41-/m0/s1. The lowest BCUT2D eigenvalue weighted by Crippen LogP contribution is -2.61. The second kappa shape index (κ2) is 46.4. The van der Waals surface area contributed by atoms with E-state index in [-0.39, 0.29) is 99.0 Å². The molecule has 2 fully saturated rings. The smallest absolute Gasteiger partial charge is 0.303 e. The van der Waals surface area contributed by atoms with Gasteiger partial charge in [0.2, 0.25) is 88.6 Å². The first-order chi connectivity index (χ1) is 49.0. The number of hydrogen-bond donors (Lipinski definition) is 22. The third kappa shape index (κ3) is 34.7. The fourth-order valence-corrected chi connectivity index (χ4v) is 15.7. The maximum atomic E-state index is 14.9. The summed E-state index contributed by atoms with van der Waals surface area (Å²) in [5, 5.41) is 41.3. The van der Waals surface area contributed by atoms with Crippen LogP contribution < -0.4 is 109 Å². The zero-order chi connectivity index (χ0) is 77.8. The molecule has 3 rings (SSSR count). The normalized spacial score (nSPS) is 24.4. The Balaban J connectivity index is 2.42. The molecule has 0 radical (unpaired) electrons. The molecule has 0 spiro atoms. The Kier molecular flexibility index (Phi) is 39.6. The average Bonchev–Trinajstić information content (AvgIpc) is 1.90. The Morgan fingerprint density at radius 3 is 1.71 bits per heavy atom. The van der Waals surface area contributed by atoms with Gasteiger partial charge in [0.15, 0.2) is 11.9 Å². The van der Waals surface area contributed by atoms with Crippen molar-refractivity contribution in [1.82, 2.24) is 79.1 Å². The van der Waals surface area contributed by atoms with E-state index in [9.17, 15) is 81.8 Å². The number of imidazole rings is 1. The molecule has 0 saturated carbocycles. The predicted octanol–water partition coefficient (Wildman–Crippen LogP) is -8.53. The SMILES string of the molecule is CC(C)C[C@H](NC(=O)[C@@H]1CSS[C@@H]2CSSC[C@H](NC(=O)CNC(=O)[C@H](CCCN=C(N)N)NC(=O)CNC(=O)[C@H](CC(C)C)NC(=O)[C@H](C)NC(=O)[C@@H](NC(=O)CN)C2)C(=O)N[C@@H](CCC(=O)O)C(=O)N[C@@H](CC(N)=O)C(=O)N[C@@H](Cc2cnc[nH]2)C(=O)N[C@@H](CCCN=C(N)N)C(=O)N1)C(N)=O. The molecule has 2 aliphatic rings. The van der Waals surface area contributed by atoms with Crippen LogP contribution in [0.5, 0.6) is 0 Å². The predicted molar refractivity (Wildman–Crippen MR) is 386 cm³/mol. The molecule has 580 valence electrons. The molecule has 2 saturated heterocycles. The van der Waals surface area contributed by atoms with Crippen molar-refractivity contribution in [1.29, 1.82) is 0 Å². The second-order valence-electron chi connectivity index (χ2n) is 24.9. The second-order valence-corrected chi connectivity index (χ2v) is 30.2. The van der Waals surface area contributed by atoms with Crippen LogP contribution in [0.15, 0.2) is 22.5 Å². The maximum absolute atomic E-state index is 14.9. The van der Waals surface area contributed by atoms with Gasteiger partial charge in [-0.25, -0.2) is 4.98 Å². The van der Waals surface area contributed by atoms with Gasteiger partial charge in [0, 0.05) is 60.3 Å². The third-order valence-corrected chi connectivity index (χ3v) is 20.6. The van der Waals surface area contributed by atoms with Gasteiger partial charge in [-0.15, -0.1) is 0 Å². The van der Waals surface area contributed by atoms with Gasteiger partial charge in [0.1, 0.15) is 66.5 Å². The van der Waals surface area contributed by atoms with Gasteiger partial charge in [-0.1, -0.05) is 70.9 Å². The Bertz CT molecular complexity index is 3220. The van der Waals surface area contributed by atoms with Crippen molar-refractivity contribution in [2.75, 3.05) is 50.0 Å². The third-order valence-electron chi connectivity index (χ3n) is 15.0. The first kappa shape index (κ1) is 88.8. The minimum atomic E-state index is -1.99. The molecular formula is C59H98N24O17S4. The zero-order valence-corrected chi connectivity index (χ0v) is 61.4. The number of aromatic amines is 1. The lowest BCUT2D eigenvalue weighted by Gasteiger charge is -2.28. The molecule has 0 aromatic carbocycles. The van der Waals surface area contributed by atoms with Crippen molar-refractivity contribution < 1.29 is 81.8 Å². The Labute approximate surface area is 614 Å². The van der Waals surface area contributed by atoms with E-state index in [0.717, 1.165) is 43.2 Å². The van der Waals surface area contributed by atoms with E-state index in [1.807, 2.05) is 0 Å². The van der Waals surface area contributed by atoms with E-state index in [1.54, 1.807) is 27.7 Å². The Morgan fingerprint density at radius 2 is 1.14 bits per heavy atom. The van der Waals surface area contributed by atoms with Gasteiger partial charge in [0.25, 0.3) is 0 Å². The lowest BCUT2D eigenvalue weighted by molar-refractivity contribution is -0.138. The molecule has 3 heterocycles. The van der Waals surface area contributed by atoms with Crippen LogP contribution in [0.4, 0.5) is 0 Å². The van der Waals surface area contributed by atoms with Crippen LogP contribution in [0.1, 0.15) is 105 Å². The molecule has 41 nitrogen and oxygen atoms in total. The van der Waals surface area contributed by atoms with Crippen molar-refractivity contribution >= 4 is 150 Å². The van der Waals surface area contributed by atoms with Crippen molar-refractivity contribution in [3.63, 3.8) is 0 Å². The van der Waals surface area contributed by atoms with Crippen LogP contribution in [0.25, 0.3) is 0 Å². The number of rotatable bonds is 24. The number of guanidine groups is 2. The number of aromatic nitrogens is 2. The molecule has 45 heteroatoms. The number of hydrogen-bond acceptors (Lipinski definition) is 24. The number of carboxylic acid groups (broad SMARTS) is 1. The average molecular weight is 1540 g/mol. The number of nitrogens with one attached hydrogen (secondary N) is 14. The van der Waals surface area contributed by atoms with E-state index in [0.29, 0.717) is 0 Å². The molecule has 12 atom stereocenters. The van der Waals surface area contributed by atoms with Crippen LogP contribution in [0.2, 0.25) is 0 Å². The zero-order valence-electron chi connectivity index (χ0n) is 58.2. The van der Waals surface area contributed by atoms with Crippen molar-refractivity contribution in [3.8, 4) is 0 Å². The molecule has 0 aliphatic carbocycles. The summed E-state index contributed by atoms with van der Waals surface area (Å²) >= 11 is 0. The highest BCUT2D eigenvalue weighted by molar-refractivity contribution is 8.78. The van der Waals surface area contributed by atoms with E-state index in [1.165, 1.54) is 19.4 Å². The number of fused-ring (bicyclic) bond motifs is 5. The van der Waals surface area contributed by atoms with Gasteiger partial charge in [-0.3, -0.25) is 86.7 Å². The molecule has 2 bridgehead atoms. The quantitative estimate of drug-likeness (QED) is 0.0198. The summed E-state index contributed by atoms with van der Waals surface area (Å²) < 4.78 is 0. The van der Waals surface area contributed by atoms with Gasteiger partial charge >= 0.3 is 5.97 Å². The summed E-state index contributed by atoms with van der Waals surface area (Å²) in [6.45, 7) is 5.87. The summed E-state index contributed by atoms with van der Waals surface area (Å²) in [6.07, 6.45) is -1.000. The van der Waals surface area contributed by atoms with Crippen LogP contribution in [0.3, 0.4) is 0 Å². The van der Waals surface area contributed by atoms with Crippen molar-refractivity contribution in [2.45, 2.75) is 177 Å². The summed E-state index contributed by atoms with van der Waals surface area (Å²) in [5.74, 6) is -18.8. The highest BCUT2D eigenvalue weighted by Gasteiger charge is 2.38. The van der Waals surface area contributed by atoms with Gasteiger partial charge in [0.05, 0.1) is 32.4 Å². The van der Waals surface area contributed by atoms with Crippen LogP contribution in [-0.2, 0) is 83.1 Å². The van der Waals surface area contributed by atoms with E-state index >= 15 is 0 Å². The van der Waals surface area contributed by atoms with Crippen molar-refractivity contribution in [2.24, 2.45) is 62.0 Å². The van der Waals surface area contributed by atoms with E-state index < -0.39 is 217 Å². The number of primary amides is 2. The number of aliphatic carboxylic acids is 1. The summed E-state index contributed by atoms with van der Waals surface area (Å²) in [7, 11) is 3.82. The van der Waals surface area contributed by atoms with E-state index in [4.69, 9.17) is 40.1 Å². The van der Waals surface area contributed by atoms with Gasteiger partial charge < -0.3 is 119 Å². The number of H-pyrrole nitrogens is 1. The number of amides is 15. The molecule has 2 aliphatic heterocycles. The first-order valence-electron chi connectivity index (χ1n) is 33.0. The minimum Gasteiger partial charge on any atom is -0.481 e. The maximum Gasteiger partial charge on any atom is 0.303 e. The number of carboxylic acids is 1. The summed E-state index contributed by atoms with van der Waals surface area (Å²) in [4.78, 5) is 237. The fraction of sp³-hybridized carbons (Fsp3) is 0.644. The Morgan fingerprint density at radius 1 is 0.606 bits per heavy atom. The molecule has 29 N–H and O–H groups in total. The highest BCUT2D eigenvalue weighted by atomic mass is 33.1. The highest BCUT2D eigenvalue weighted by Crippen LogP contribution is 2.36.